The van der Waals surface area contributed by atoms with Crippen molar-refractivity contribution in [3.8, 4) is 0 Å². The summed E-state index contributed by atoms with van der Waals surface area (Å²) in [4.78, 5) is 12.2. The molecule has 0 aromatic rings. The van der Waals surface area contributed by atoms with Crippen molar-refractivity contribution in [1.82, 2.24) is 0 Å². The van der Waals surface area contributed by atoms with Gasteiger partial charge in [0.25, 0.3) is 0 Å². The van der Waals surface area contributed by atoms with Crippen LogP contribution in [0.1, 0.15) is 177 Å². The minimum atomic E-state index is 0.301. The lowest BCUT2D eigenvalue weighted by Gasteiger charge is -2.26. The summed E-state index contributed by atoms with van der Waals surface area (Å²) in [6, 6.07) is 0. The van der Waals surface area contributed by atoms with Gasteiger partial charge in [-0.3, -0.25) is 4.79 Å². The van der Waals surface area contributed by atoms with E-state index in [0.717, 1.165) is 42.9 Å². The normalized spacial score (nSPS) is 20.4. The van der Waals surface area contributed by atoms with E-state index in [1.807, 2.05) is 19.9 Å². The number of carbonyl (C=O) groups is 1. The standard InChI is InChI=1S/C28H48O.C4H8.C3H8.C2H6/c1-23(21-26-14-9-6-10-15-26)19-20-25(3)24(2)13-11-12-18-28(29)22-27-16-7-4-5-8-17-27;1-4-2-3-4;1-3-2;1-2/h11-12,22-26H,4-10,13-21H2,1-3H3;4H,2-3H2,1H3;3H2,1-2H3;1-2H3/b12-11+;;;. The molecule has 0 spiro atoms. The SMILES string of the molecule is CC.CC(CCC(C)C(C)C/C=C/CC(=O)C=C1CCCCCC1)CC1CCCCC1.CC1CC1.CCC. The van der Waals surface area contributed by atoms with E-state index >= 15 is 0 Å². The van der Waals surface area contributed by atoms with Gasteiger partial charge in [0.05, 0.1) is 0 Å². The molecule has 3 saturated carbocycles. The molecule has 0 radical (unpaired) electrons. The molecule has 0 bridgehead atoms. The van der Waals surface area contributed by atoms with Gasteiger partial charge in [-0.15, -0.1) is 0 Å². The number of allylic oxidation sites excluding steroid dienone is 4. The number of carbonyl (C=O) groups excluding carboxylic acids is 1. The third-order valence-corrected chi connectivity index (χ3v) is 8.52. The molecule has 0 N–H and O–H groups in total. The third kappa shape index (κ3) is 22.0. The van der Waals surface area contributed by atoms with E-state index in [0.29, 0.717) is 18.1 Å². The first-order valence-corrected chi connectivity index (χ1v) is 17.2. The van der Waals surface area contributed by atoms with E-state index < -0.39 is 0 Å². The molecular weight excluding hydrogens is 460 g/mol. The van der Waals surface area contributed by atoms with E-state index in [-0.39, 0.29) is 0 Å². The van der Waals surface area contributed by atoms with Crippen LogP contribution in [-0.2, 0) is 4.79 Å². The zero-order valence-corrected chi connectivity index (χ0v) is 27.5. The topological polar surface area (TPSA) is 17.1 Å². The van der Waals surface area contributed by atoms with Crippen molar-refractivity contribution in [2.24, 2.45) is 29.6 Å². The molecule has 1 nitrogen and oxygen atoms in total. The maximum absolute atomic E-state index is 12.2. The van der Waals surface area contributed by atoms with Crippen molar-refractivity contribution < 1.29 is 4.79 Å². The Bertz CT molecular complexity index is 580. The molecule has 3 fully saturated rings. The lowest BCUT2D eigenvalue weighted by atomic mass is 9.80. The van der Waals surface area contributed by atoms with Crippen LogP contribution in [-0.4, -0.2) is 5.78 Å². The first-order valence-electron chi connectivity index (χ1n) is 17.2. The maximum Gasteiger partial charge on any atom is 0.159 e. The van der Waals surface area contributed by atoms with Gasteiger partial charge in [0.2, 0.25) is 0 Å². The van der Waals surface area contributed by atoms with Crippen LogP contribution in [0.3, 0.4) is 0 Å². The molecule has 0 aliphatic heterocycles. The molecule has 3 aliphatic carbocycles. The second kappa shape index (κ2) is 25.1. The van der Waals surface area contributed by atoms with Gasteiger partial charge in [-0.05, 0) is 74.2 Å². The van der Waals surface area contributed by atoms with Gasteiger partial charge >= 0.3 is 0 Å². The second-order valence-electron chi connectivity index (χ2n) is 12.9. The highest BCUT2D eigenvalue weighted by atomic mass is 16.1. The highest BCUT2D eigenvalue weighted by molar-refractivity contribution is 5.91. The molecule has 3 atom stereocenters. The highest BCUT2D eigenvalue weighted by Crippen LogP contribution is 2.32. The van der Waals surface area contributed by atoms with Gasteiger partial charge in [0.15, 0.2) is 5.78 Å². The van der Waals surface area contributed by atoms with Gasteiger partial charge in [-0.2, -0.15) is 0 Å². The van der Waals surface area contributed by atoms with Crippen LogP contribution in [0.25, 0.3) is 0 Å². The number of ketones is 1. The van der Waals surface area contributed by atoms with E-state index in [1.54, 1.807) is 0 Å². The summed E-state index contributed by atoms with van der Waals surface area (Å²) in [5.74, 6) is 4.77. The van der Waals surface area contributed by atoms with E-state index in [1.165, 1.54) is 102 Å². The molecule has 3 rings (SSSR count). The minimum Gasteiger partial charge on any atom is -0.295 e. The van der Waals surface area contributed by atoms with Crippen molar-refractivity contribution >= 4 is 5.78 Å². The second-order valence-corrected chi connectivity index (χ2v) is 12.9. The molecule has 224 valence electrons. The number of hydrogen-bond acceptors (Lipinski definition) is 1. The van der Waals surface area contributed by atoms with Crippen LogP contribution >= 0.6 is 0 Å². The van der Waals surface area contributed by atoms with Crippen molar-refractivity contribution in [1.29, 1.82) is 0 Å². The third-order valence-electron chi connectivity index (χ3n) is 8.52. The van der Waals surface area contributed by atoms with E-state index in [2.05, 4.69) is 53.7 Å². The summed E-state index contributed by atoms with van der Waals surface area (Å²) in [5, 5.41) is 0. The summed E-state index contributed by atoms with van der Waals surface area (Å²) < 4.78 is 0. The average Bonchev–Trinajstić information content (AvgIpc) is 3.74. The Morgan fingerprint density at radius 2 is 1.32 bits per heavy atom. The zero-order chi connectivity index (χ0) is 28.6. The molecule has 1 heteroatoms. The molecular formula is C37H70O. The van der Waals surface area contributed by atoms with E-state index in [4.69, 9.17) is 0 Å². The first-order chi connectivity index (χ1) is 18.3. The Morgan fingerprint density at radius 1 is 0.789 bits per heavy atom. The molecule has 3 unspecified atom stereocenters. The average molecular weight is 531 g/mol. The Balaban J connectivity index is 0.00000131. The molecule has 0 heterocycles. The Morgan fingerprint density at radius 3 is 1.84 bits per heavy atom. The fraction of sp³-hybridized carbons (Fsp3) is 0.865. The van der Waals surface area contributed by atoms with Gasteiger partial charge < -0.3 is 0 Å². The summed E-state index contributed by atoms with van der Waals surface area (Å²) in [5.41, 5.74) is 1.39. The summed E-state index contributed by atoms with van der Waals surface area (Å²) in [7, 11) is 0. The van der Waals surface area contributed by atoms with Crippen LogP contribution in [0.5, 0.6) is 0 Å². The van der Waals surface area contributed by atoms with Crippen LogP contribution in [0.15, 0.2) is 23.8 Å². The lowest BCUT2D eigenvalue weighted by molar-refractivity contribution is -0.113. The molecule has 0 amide bonds. The summed E-state index contributed by atoms with van der Waals surface area (Å²) in [6.07, 6.45) is 31.3. The Labute approximate surface area is 241 Å². The van der Waals surface area contributed by atoms with Crippen LogP contribution in [0.4, 0.5) is 0 Å². The largest absolute Gasteiger partial charge is 0.295 e. The molecule has 0 saturated heterocycles. The summed E-state index contributed by atoms with van der Waals surface area (Å²) >= 11 is 0. The van der Waals surface area contributed by atoms with Gasteiger partial charge in [0, 0.05) is 6.42 Å². The maximum atomic E-state index is 12.2. The Kier molecular flexibility index (Phi) is 24.6. The molecule has 0 aromatic carbocycles. The predicted molar refractivity (Wildman–Crippen MR) is 173 cm³/mol. The summed E-state index contributed by atoms with van der Waals surface area (Å²) in [6.45, 7) is 17.8. The van der Waals surface area contributed by atoms with Gasteiger partial charge in [0.1, 0.15) is 0 Å². The number of rotatable bonds is 11. The number of hydrogen-bond donors (Lipinski definition) is 0. The smallest absolute Gasteiger partial charge is 0.159 e. The molecule has 3 aliphatic rings. The zero-order valence-electron chi connectivity index (χ0n) is 27.5. The molecule has 0 aromatic heterocycles. The highest BCUT2D eigenvalue weighted by Gasteiger charge is 2.18. The predicted octanol–water partition coefficient (Wildman–Crippen LogP) is 12.7. The van der Waals surface area contributed by atoms with Crippen molar-refractivity contribution in [3.63, 3.8) is 0 Å². The van der Waals surface area contributed by atoms with Crippen molar-refractivity contribution in [2.45, 2.75) is 177 Å². The fourth-order valence-corrected chi connectivity index (χ4v) is 5.46. The van der Waals surface area contributed by atoms with Crippen LogP contribution < -0.4 is 0 Å². The van der Waals surface area contributed by atoms with Gasteiger partial charge in [-0.1, -0.05) is 150 Å². The van der Waals surface area contributed by atoms with Crippen molar-refractivity contribution in [2.75, 3.05) is 0 Å². The van der Waals surface area contributed by atoms with Crippen molar-refractivity contribution in [3.05, 3.63) is 23.8 Å². The van der Waals surface area contributed by atoms with Crippen LogP contribution in [0.2, 0.25) is 0 Å². The first kappa shape index (κ1) is 37.1. The quantitative estimate of drug-likeness (QED) is 0.147. The van der Waals surface area contributed by atoms with E-state index in [9.17, 15) is 4.79 Å². The monoisotopic (exact) mass is 531 g/mol. The Hall–Kier alpha value is -0.850. The lowest BCUT2D eigenvalue weighted by Crippen LogP contribution is -2.13. The fourth-order valence-electron chi connectivity index (χ4n) is 5.46. The van der Waals surface area contributed by atoms with Gasteiger partial charge in [-0.25, -0.2) is 0 Å². The van der Waals surface area contributed by atoms with Crippen LogP contribution in [0, 0.1) is 29.6 Å². The molecule has 38 heavy (non-hydrogen) atoms. The minimum absolute atomic E-state index is 0.301.